The van der Waals surface area contributed by atoms with Crippen LogP contribution in [0.4, 0.5) is 0 Å². The Morgan fingerprint density at radius 3 is 2.44 bits per heavy atom. The van der Waals surface area contributed by atoms with Crippen molar-refractivity contribution >= 4 is 17.3 Å². The van der Waals surface area contributed by atoms with E-state index in [1.54, 1.807) is 11.3 Å². The Balaban J connectivity index is 2.73. The molecule has 0 saturated carbocycles. The van der Waals surface area contributed by atoms with Crippen molar-refractivity contribution in [3.63, 3.8) is 0 Å². The molecule has 0 unspecified atom stereocenters. The number of rotatable bonds is 8. The van der Waals surface area contributed by atoms with E-state index in [1.807, 2.05) is 19.9 Å². The van der Waals surface area contributed by atoms with E-state index < -0.39 is 11.4 Å². The molecule has 1 N–H and O–H groups in total. The fourth-order valence-corrected chi connectivity index (χ4v) is 2.92. The molecule has 102 valence electrons. The van der Waals surface area contributed by atoms with E-state index in [1.165, 1.54) is 4.88 Å². The minimum Gasteiger partial charge on any atom is -0.481 e. The molecule has 0 atom stereocenters. The first-order valence-electron chi connectivity index (χ1n) is 6.56. The van der Waals surface area contributed by atoms with E-state index in [-0.39, 0.29) is 0 Å². The van der Waals surface area contributed by atoms with Crippen LogP contribution in [-0.2, 0) is 11.3 Å². The Hall–Kier alpha value is -0.870. The summed E-state index contributed by atoms with van der Waals surface area (Å²) in [5.74, 6) is -0.669. The summed E-state index contributed by atoms with van der Waals surface area (Å²) in [6.07, 6.45) is 1.36. The molecular weight excluding hydrogens is 246 g/mol. The highest BCUT2D eigenvalue weighted by Gasteiger charge is 2.36. The number of hydrogen-bond donors (Lipinski definition) is 1. The molecule has 0 bridgehead atoms. The Labute approximate surface area is 113 Å². The molecule has 3 nitrogen and oxygen atoms in total. The molecule has 0 aliphatic rings. The fraction of sp³-hybridized carbons (Fsp3) is 0.643. The molecule has 0 fully saturated rings. The van der Waals surface area contributed by atoms with Gasteiger partial charge in [-0.2, -0.15) is 0 Å². The van der Waals surface area contributed by atoms with Crippen LogP contribution < -0.4 is 0 Å². The zero-order valence-electron chi connectivity index (χ0n) is 11.5. The molecule has 0 amide bonds. The molecule has 0 radical (unpaired) electrons. The highest BCUT2D eigenvalue weighted by atomic mass is 32.1. The van der Waals surface area contributed by atoms with Gasteiger partial charge in [0.2, 0.25) is 0 Å². The highest BCUT2D eigenvalue weighted by Crippen LogP contribution is 2.29. The predicted octanol–water partition coefficient (Wildman–Crippen LogP) is 3.46. The van der Waals surface area contributed by atoms with Crippen LogP contribution in [0.5, 0.6) is 0 Å². The van der Waals surface area contributed by atoms with Gasteiger partial charge in [0, 0.05) is 18.0 Å². The van der Waals surface area contributed by atoms with Gasteiger partial charge in [-0.05, 0) is 30.8 Å². The van der Waals surface area contributed by atoms with Crippen LogP contribution in [0.3, 0.4) is 0 Å². The maximum absolute atomic E-state index is 11.5. The minimum absolute atomic E-state index is 0.604. The predicted molar refractivity (Wildman–Crippen MR) is 75.9 cm³/mol. The summed E-state index contributed by atoms with van der Waals surface area (Å²) in [5.41, 5.74) is -0.604. The lowest BCUT2D eigenvalue weighted by atomic mass is 9.82. The topological polar surface area (TPSA) is 40.5 Å². The van der Waals surface area contributed by atoms with E-state index >= 15 is 0 Å². The largest absolute Gasteiger partial charge is 0.481 e. The van der Waals surface area contributed by atoms with Crippen molar-refractivity contribution in [1.29, 1.82) is 0 Å². The summed E-state index contributed by atoms with van der Waals surface area (Å²) in [5, 5.41) is 11.5. The summed E-state index contributed by atoms with van der Waals surface area (Å²) in [7, 11) is 0. The van der Waals surface area contributed by atoms with E-state index in [0.717, 1.165) is 13.1 Å². The van der Waals surface area contributed by atoms with Gasteiger partial charge >= 0.3 is 5.97 Å². The Kier molecular flexibility index (Phi) is 5.82. The molecule has 1 aromatic heterocycles. The Morgan fingerprint density at radius 2 is 2.06 bits per heavy atom. The second-order valence-electron chi connectivity index (χ2n) is 4.68. The van der Waals surface area contributed by atoms with Crippen molar-refractivity contribution in [1.82, 2.24) is 4.90 Å². The van der Waals surface area contributed by atoms with Crippen LogP contribution in [0.2, 0.25) is 0 Å². The monoisotopic (exact) mass is 269 g/mol. The lowest BCUT2D eigenvalue weighted by Gasteiger charge is -2.33. The van der Waals surface area contributed by atoms with Crippen molar-refractivity contribution < 1.29 is 9.90 Å². The van der Waals surface area contributed by atoms with Gasteiger partial charge in [-0.3, -0.25) is 9.69 Å². The maximum atomic E-state index is 11.5. The second kappa shape index (κ2) is 6.90. The quantitative estimate of drug-likeness (QED) is 0.785. The number of hydrogen-bond acceptors (Lipinski definition) is 3. The van der Waals surface area contributed by atoms with E-state index in [9.17, 15) is 9.90 Å². The molecule has 0 saturated heterocycles. The first-order valence-corrected chi connectivity index (χ1v) is 7.44. The molecule has 18 heavy (non-hydrogen) atoms. The smallest absolute Gasteiger partial charge is 0.310 e. The third-order valence-corrected chi connectivity index (χ3v) is 4.60. The summed E-state index contributed by atoms with van der Waals surface area (Å²) in [6, 6.07) is 4.14. The number of aliphatic carboxylic acids is 1. The van der Waals surface area contributed by atoms with Crippen LogP contribution >= 0.6 is 11.3 Å². The van der Waals surface area contributed by atoms with Gasteiger partial charge in [0.15, 0.2) is 0 Å². The average molecular weight is 269 g/mol. The molecule has 0 aromatic carbocycles. The van der Waals surface area contributed by atoms with Gasteiger partial charge < -0.3 is 5.11 Å². The SMILES string of the molecule is CCN(Cc1cccs1)CC(CC)(CC)C(=O)O. The summed E-state index contributed by atoms with van der Waals surface area (Å²) < 4.78 is 0. The maximum Gasteiger partial charge on any atom is 0.310 e. The second-order valence-corrected chi connectivity index (χ2v) is 5.71. The molecule has 0 spiro atoms. The Morgan fingerprint density at radius 1 is 1.39 bits per heavy atom. The van der Waals surface area contributed by atoms with Crippen LogP contribution in [0.25, 0.3) is 0 Å². The van der Waals surface area contributed by atoms with Gasteiger partial charge in [-0.15, -0.1) is 11.3 Å². The number of carbonyl (C=O) groups is 1. The number of nitrogens with zero attached hydrogens (tertiary/aromatic N) is 1. The van der Waals surface area contributed by atoms with E-state index in [2.05, 4.69) is 23.3 Å². The van der Waals surface area contributed by atoms with Gasteiger partial charge in [0.25, 0.3) is 0 Å². The van der Waals surface area contributed by atoms with Gasteiger partial charge in [-0.25, -0.2) is 0 Å². The number of carboxylic acid groups (broad SMARTS) is 1. The molecule has 4 heteroatoms. The van der Waals surface area contributed by atoms with Crippen molar-refractivity contribution in [2.24, 2.45) is 5.41 Å². The molecular formula is C14H23NO2S. The van der Waals surface area contributed by atoms with E-state index in [0.29, 0.717) is 19.4 Å². The zero-order chi connectivity index (χ0) is 13.6. The summed E-state index contributed by atoms with van der Waals surface area (Å²) in [6.45, 7) is 8.39. The normalized spacial score (nSPS) is 12.0. The van der Waals surface area contributed by atoms with Crippen molar-refractivity contribution in [3.8, 4) is 0 Å². The standard InChI is InChI=1S/C14H23NO2S/c1-4-14(5-2,13(16)17)11-15(6-3)10-12-8-7-9-18-12/h7-9H,4-6,10-11H2,1-3H3,(H,16,17). The third kappa shape index (κ3) is 3.56. The zero-order valence-corrected chi connectivity index (χ0v) is 12.3. The van der Waals surface area contributed by atoms with Crippen molar-refractivity contribution in [2.45, 2.75) is 40.2 Å². The van der Waals surface area contributed by atoms with Crippen molar-refractivity contribution in [3.05, 3.63) is 22.4 Å². The first kappa shape index (κ1) is 15.2. The van der Waals surface area contributed by atoms with Crippen LogP contribution in [0, 0.1) is 5.41 Å². The fourth-order valence-electron chi connectivity index (χ4n) is 2.17. The molecule has 0 aliphatic heterocycles. The summed E-state index contributed by atoms with van der Waals surface area (Å²) in [4.78, 5) is 15.0. The lowest BCUT2D eigenvalue weighted by Crippen LogP contribution is -2.42. The van der Waals surface area contributed by atoms with Gasteiger partial charge in [-0.1, -0.05) is 26.8 Å². The van der Waals surface area contributed by atoms with Crippen LogP contribution in [-0.4, -0.2) is 29.1 Å². The number of carboxylic acids is 1. The molecule has 1 aromatic rings. The first-order chi connectivity index (χ1) is 8.57. The molecule has 0 aliphatic carbocycles. The van der Waals surface area contributed by atoms with Crippen LogP contribution in [0.15, 0.2) is 17.5 Å². The average Bonchev–Trinajstić information content (AvgIpc) is 2.87. The molecule has 1 rings (SSSR count). The lowest BCUT2D eigenvalue weighted by molar-refractivity contribution is -0.150. The third-order valence-electron chi connectivity index (χ3n) is 3.74. The van der Waals surface area contributed by atoms with Crippen molar-refractivity contribution in [2.75, 3.05) is 13.1 Å². The van der Waals surface area contributed by atoms with Crippen LogP contribution in [0.1, 0.15) is 38.5 Å². The number of thiophene rings is 1. The molecule has 1 heterocycles. The van der Waals surface area contributed by atoms with Gasteiger partial charge in [0.1, 0.15) is 0 Å². The van der Waals surface area contributed by atoms with E-state index in [4.69, 9.17) is 0 Å². The summed E-state index contributed by atoms with van der Waals surface area (Å²) >= 11 is 1.73. The highest BCUT2D eigenvalue weighted by molar-refractivity contribution is 7.09. The van der Waals surface area contributed by atoms with Gasteiger partial charge in [0.05, 0.1) is 5.41 Å². The minimum atomic E-state index is -0.669. The Bertz CT molecular complexity index is 358.